The van der Waals surface area contributed by atoms with Crippen LogP contribution in [0, 0.1) is 11.6 Å². The standard InChI is InChI=1S/C18H16F2N2O/c1-11(12-7-8-14(19)15(20)9-12)22(2)18(23)17-10-13-5-3-4-6-16(13)21-17/h3-11,21H,1-2H3/t11-/m1/s1. The van der Waals surface area contributed by atoms with Crippen molar-refractivity contribution in [1.29, 1.82) is 0 Å². The molecule has 1 heterocycles. The zero-order valence-electron chi connectivity index (χ0n) is 12.8. The van der Waals surface area contributed by atoms with Crippen LogP contribution in [0.1, 0.15) is 29.0 Å². The van der Waals surface area contributed by atoms with Gasteiger partial charge in [0.1, 0.15) is 5.69 Å². The highest BCUT2D eigenvalue weighted by Gasteiger charge is 2.21. The average Bonchev–Trinajstić information content (AvgIpc) is 2.99. The Hall–Kier alpha value is -2.69. The first-order valence-electron chi connectivity index (χ1n) is 7.27. The summed E-state index contributed by atoms with van der Waals surface area (Å²) in [6, 6.07) is 12.7. The third kappa shape index (κ3) is 2.82. The Labute approximate surface area is 132 Å². The van der Waals surface area contributed by atoms with E-state index in [0.29, 0.717) is 11.3 Å². The predicted molar refractivity (Wildman–Crippen MR) is 85.2 cm³/mol. The van der Waals surface area contributed by atoms with E-state index in [1.54, 1.807) is 20.0 Å². The van der Waals surface area contributed by atoms with Crippen molar-refractivity contribution in [3.05, 3.63) is 71.4 Å². The zero-order chi connectivity index (χ0) is 16.6. The van der Waals surface area contributed by atoms with Gasteiger partial charge in [0.2, 0.25) is 0 Å². The Morgan fingerprint density at radius 1 is 1.09 bits per heavy atom. The van der Waals surface area contributed by atoms with Gasteiger partial charge in [-0.1, -0.05) is 24.3 Å². The molecule has 0 saturated carbocycles. The minimum absolute atomic E-state index is 0.210. The van der Waals surface area contributed by atoms with Crippen molar-refractivity contribution in [3.63, 3.8) is 0 Å². The maximum Gasteiger partial charge on any atom is 0.270 e. The SMILES string of the molecule is C[C@H](c1ccc(F)c(F)c1)N(C)C(=O)c1cc2ccccc2[nH]1. The fourth-order valence-corrected chi connectivity index (χ4v) is 2.55. The quantitative estimate of drug-likeness (QED) is 0.769. The van der Waals surface area contributed by atoms with E-state index in [2.05, 4.69) is 4.98 Å². The van der Waals surface area contributed by atoms with Gasteiger partial charge in [0.05, 0.1) is 6.04 Å². The molecule has 0 aliphatic rings. The van der Waals surface area contributed by atoms with Gasteiger partial charge in [-0.25, -0.2) is 8.78 Å². The Bertz CT molecular complexity index is 839. The number of hydrogen-bond donors (Lipinski definition) is 1. The van der Waals surface area contributed by atoms with Crippen LogP contribution in [0.15, 0.2) is 48.5 Å². The molecular formula is C18H16F2N2O. The molecule has 2 aromatic carbocycles. The largest absolute Gasteiger partial charge is 0.351 e. The van der Waals surface area contributed by atoms with Gasteiger partial charge in [0.15, 0.2) is 11.6 Å². The van der Waals surface area contributed by atoms with Gasteiger partial charge in [0.25, 0.3) is 5.91 Å². The van der Waals surface area contributed by atoms with E-state index in [1.807, 2.05) is 24.3 Å². The van der Waals surface area contributed by atoms with Crippen LogP contribution >= 0.6 is 0 Å². The van der Waals surface area contributed by atoms with Crippen LogP contribution in [-0.2, 0) is 0 Å². The van der Waals surface area contributed by atoms with E-state index in [0.717, 1.165) is 23.0 Å². The van der Waals surface area contributed by atoms with Crippen molar-refractivity contribution >= 4 is 16.8 Å². The zero-order valence-corrected chi connectivity index (χ0v) is 12.8. The number of nitrogens with one attached hydrogen (secondary N) is 1. The number of rotatable bonds is 3. The second-order valence-electron chi connectivity index (χ2n) is 5.54. The molecule has 1 atom stereocenters. The van der Waals surface area contributed by atoms with Crippen molar-refractivity contribution in [2.24, 2.45) is 0 Å². The smallest absolute Gasteiger partial charge is 0.270 e. The van der Waals surface area contributed by atoms with Gasteiger partial charge in [-0.15, -0.1) is 0 Å². The summed E-state index contributed by atoms with van der Waals surface area (Å²) in [5, 5.41) is 0.949. The summed E-state index contributed by atoms with van der Waals surface area (Å²) in [6.07, 6.45) is 0. The molecule has 118 valence electrons. The molecule has 5 heteroatoms. The van der Waals surface area contributed by atoms with Gasteiger partial charge < -0.3 is 9.88 Å². The first-order chi connectivity index (χ1) is 11.0. The maximum atomic E-state index is 13.4. The Balaban J connectivity index is 1.87. The number of carbonyl (C=O) groups is 1. The lowest BCUT2D eigenvalue weighted by Gasteiger charge is -2.25. The van der Waals surface area contributed by atoms with Crippen molar-refractivity contribution in [2.75, 3.05) is 7.05 Å². The van der Waals surface area contributed by atoms with Gasteiger partial charge in [-0.05, 0) is 36.8 Å². The van der Waals surface area contributed by atoms with Crippen LogP contribution in [0.2, 0.25) is 0 Å². The van der Waals surface area contributed by atoms with Gasteiger partial charge in [-0.3, -0.25) is 4.79 Å². The van der Waals surface area contributed by atoms with E-state index in [1.165, 1.54) is 11.0 Å². The van der Waals surface area contributed by atoms with Crippen LogP contribution in [0.3, 0.4) is 0 Å². The number of carbonyl (C=O) groups excluding carboxylic acids is 1. The molecule has 1 aromatic heterocycles. The molecule has 0 spiro atoms. The van der Waals surface area contributed by atoms with Gasteiger partial charge in [-0.2, -0.15) is 0 Å². The van der Waals surface area contributed by atoms with Crippen molar-refractivity contribution in [1.82, 2.24) is 9.88 Å². The molecule has 1 N–H and O–H groups in total. The predicted octanol–water partition coefficient (Wildman–Crippen LogP) is 4.28. The summed E-state index contributed by atoms with van der Waals surface area (Å²) in [5.74, 6) is -2.02. The minimum atomic E-state index is -0.916. The molecular weight excluding hydrogens is 298 g/mol. The van der Waals surface area contributed by atoms with Crippen LogP contribution in [0.4, 0.5) is 8.78 Å². The van der Waals surface area contributed by atoms with Crippen molar-refractivity contribution < 1.29 is 13.6 Å². The topological polar surface area (TPSA) is 36.1 Å². The lowest BCUT2D eigenvalue weighted by Crippen LogP contribution is -2.30. The van der Waals surface area contributed by atoms with E-state index < -0.39 is 11.6 Å². The van der Waals surface area contributed by atoms with Crippen LogP contribution in [-0.4, -0.2) is 22.8 Å². The van der Waals surface area contributed by atoms with Gasteiger partial charge >= 0.3 is 0 Å². The summed E-state index contributed by atoms with van der Waals surface area (Å²) in [7, 11) is 1.64. The third-order valence-corrected chi connectivity index (χ3v) is 4.09. The second kappa shape index (κ2) is 5.83. The summed E-state index contributed by atoms with van der Waals surface area (Å²) >= 11 is 0. The lowest BCUT2D eigenvalue weighted by molar-refractivity contribution is 0.0737. The number of hydrogen-bond acceptors (Lipinski definition) is 1. The van der Waals surface area contributed by atoms with Crippen molar-refractivity contribution in [3.8, 4) is 0 Å². The fourth-order valence-electron chi connectivity index (χ4n) is 2.55. The highest BCUT2D eigenvalue weighted by molar-refractivity contribution is 5.98. The van der Waals surface area contributed by atoms with E-state index >= 15 is 0 Å². The number of aromatic amines is 1. The first kappa shape index (κ1) is 15.2. The molecule has 0 aliphatic heterocycles. The highest BCUT2D eigenvalue weighted by Crippen LogP contribution is 2.23. The average molecular weight is 314 g/mol. The third-order valence-electron chi connectivity index (χ3n) is 4.09. The monoisotopic (exact) mass is 314 g/mol. The molecule has 0 radical (unpaired) electrons. The molecule has 0 aliphatic carbocycles. The molecule has 0 unspecified atom stereocenters. The van der Waals surface area contributed by atoms with Crippen molar-refractivity contribution in [2.45, 2.75) is 13.0 Å². The van der Waals surface area contributed by atoms with Crippen LogP contribution in [0.25, 0.3) is 10.9 Å². The number of H-pyrrole nitrogens is 1. The lowest BCUT2D eigenvalue weighted by atomic mass is 10.1. The van der Waals surface area contributed by atoms with E-state index in [4.69, 9.17) is 0 Å². The first-order valence-corrected chi connectivity index (χ1v) is 7.27. The number of nitrogens with zero attached hydrogens (tertiary/aromatic N) is 1. The van der Waals surface area contributed by atoms with E-state index in [-0.39, 0.29) is 11.9 Å². The molecule has 3 nitrogen and oxygen atoms in total. The molecule has 3 aromatic rings. The number of halogens is 2. The number of para-hydroxylation sites is 1. The highest BCUT2D eigenvalue weighted by atomic mass is 19.2. The van der Waals surface area contributed by atoms with Crippen LogP contribution in [0.5, 0.6) is 0 Å². The Morgan fingerprint density at radius 3 is 2.52 bits per heavy atom. The maximum absolute atomic E-state index is 13.4. The number of amides is 1. The summed E-state index contributed by atoms with van der Waals surface area (Å²) < 4.78 is 26.4. The molecule has 0 saturated heterocycles. The number of benzene rings is 2. The Morgan fingerprint density at radius 2 is 1.83 bits per heavy atom. The summed E-state index contributed by atoms with van der Waals surface area (Å²) in [4.78, 5) is 17.2. The van der Waals surface area contributed by atoms with Gasteiger partial charge in [0, 0.05) is 18.0 Å². The molecule has 23 heavy (non-hydrogen) atoms. The molecule has 1 amide bonds. The van der Waals surface area contributed by atoms with E-state index in [9.17, 15) is 13.6 Å². The number of fused-ring (bicyclic) bond motifs is 1. The van der Waals surface area contributed by atoms with Crippen LogP contribution < -0.4 is 0 Å². The Kier molecular flexibility index (Phi) is 3.86. The summed E-state index contributed by atoms with van der Waals surface area (Å²) in [5.41, 5.74) is 1.88. The number of aromatic nitrogens is 1. The fraction of sp³-hybridized carbons (Fsp3) is 0.167. The second-order valence-corrected chi connectivity index (χ2v) is 5.54. The molecule has 0 fully saturated rings. The minimum Gasteiger partial charge on any atom is -0.351 e. The molecule has 3 rings (SSSR count). The summed E-state index contributed by atoms with van der Waals surface area (Å²) in [6.45, 7) is 1.77. The molecule has 0 bridgehead atoms. The normalized spacial score (nSPS) is 12.3.